The van der Waals surface area contributed by atoms with Crippen molar-refractivity contribution in [3.8, 4) is 11.4 Å². The third-order valence-corrected chi connectivity index (χ3v) is 6.32. The van der Waals surface area contributed by atoms with Crippen LogP contribution in [-0.2, 0) is 16.1 Å². The van der Waals surface area contributed by atoms with Crippen molar-refractivity contribution in [2.75, 3.05) is 5.75 Å². The van der Waals surface area contributed by atoms with Crippen LogP contribution in [0, 0.1) is 0 Å². The van der Waals surface area contributed by atoms with Crippen molar-refractivity contribution in [1.82, 2.24) is 35.5 Å². The number of imide groups is 1. The Kier molecular flexibility index (Phi) is 6.40. The third-order valence-electron chi connectivity index (χ3n) is 5.36. The minimum Gasteiger partial charge on any atom is -0.322 e. The Labute approximate surface area is 194 Å². The molecule has 4 rings (SSSR count). The highest BCUT2D eigenvalue weighted by atomic mass is 32.2. The molecule has 3 heterocycles. The van der Waals surface area contributed by atoms with Gasteiger partial charge < -0.3 is 5.32 Å². The second kappa shape index (κ2) is 9.41. The first kappa shape index (κ1) is 22.5. The molecule has 11 heteroatoms. The number of benzene rings is 1. The summed E-state index contributed by atoms with van der Waals surface area (Å²) in [5, 5.41) is 12.4. The van der Waals surface area contributed by atoms with E-state index in [1.54, 1.807) is 26.2 Å². The summed E-state index contributed by atoms with van der Waals surface area (Å²) < 4.78 is 1.91. The largest absolute Gasteiger partial charge is 0.344 e. The Morgan fingerprint density at radius 2 is 1.94 bits per heavy atom. The molecule has 1 fully saturated rings. The highest BCUT2D eigenvalue weighted by molar-refractivity contribution is 7.99. The summed E-state index contributed by atoms with van der Waals surface area (Å²) in [6, 6.07) is 12.9. The smallest absolute Gasteiger partial charge is 0.322 e. The molecule has 0 aliphatic carbocycles. The number of thioether (sulfide) groups is 1. The Hall–Kier alpha value is -3.73. The molecule has 2 N–H and O–H groups in total. The minimum absolute atomic E-state index is 0.0557. The van der Waals surface area contributed by atoms with E-state index in [4.69, 9.17) is 0 Å². The lowest BCUT2D eigenvalue weighted by atomic mass is 10.00. The van der Waals surface area contributed by atoms with Crippen molar-refractivity contribution >= 4 is 29.6 Å². The van der Waals surface area contributed by atoms with Gasteiger partial charge in [-0.2, -0.15) is 5.01 Å². The summed E-state index contributed by atoms with van der Waals surface area (Å²) in [7, 11) is 0. The summed E-state index contributed by atoms with van der Waals surface area (Å²) in [4.78, 5) is 41.3. The molecule has 33 heavy (non-hydrogen) atoms. The number of urea groups is 1. The zero-order valence-electron chi connectivity index (χ0n) is 18.2. The van der Waals surface area contributed by atoms with Gasteiger partial charge in [0.25, 0.3) is 5.91 Å². The van der Waals surface area contributed by atoms with Crippen LogP contribution in [0.25, 0.3) is 11.4 Å². The summed E-state index contributed by atoms with van der Waals surface area (Å²) in [6.45, 7) is 3.92. The monoisotopic (exact) mass is 465 g/mol. The van der Waals surface area contributed by atoms with Gasteiger partial charge in [-0.1, -0.05) is 49.0 Å². The van der Waals surface area contributed by atoms with E-state index in [0.717, 1.165) is 16.1 Å². The van der Waals surface area contributed by atoms with Crippen molar-refractivity contribution < 1.29 is 14.4 Å². The van der Waals surface area contributed by atoms with Crippen molar-refractivity contribution in [3.05, 3.63) is 60.4 Å². The van der Waals surface area contributed by atoms with Gasteiger partial charge in [0.2, 0.25) is 5.91 Å². The number of hydrazine groups is 1. The number of carbonyl (C=O) groups excluding carboxylic acids is 3. The van der Waals surface area contributed by atoms with Gasteiger partial charge in [-0.15, -0.1) is 10.2 Å². The van der Waals surface area contributed by atoms with Crippen LogP contribution < -0.4 is 10.7 Å². The number of pyridine rings is 1. The van der Waals surface area contributed by atoms with E-state index in [1.165, 1.54) is 11.8 Å². The number of amides is 4. The maximum atomic E-state index is 12.5. The number of nitrogens with one attached hydrogen (secondary N) is 2. The Morgan fingerprint density at radius 3 is 2.61 bits per heavy atom. The van der Waals surface area contributed by atoms with Gasteiger partial charge in [0.1, 0.15) is 5.54 Å². The normalized spacial score (nSPS) is 17.8. The van der Waals surface area contributed by atoms with Crippen LogP contribution in [0.2, 0.25) is 0 Å². The Balaban J connectivity index is 1.50. The quantitative estimate of drug-likeness (QED) is 0.386. The topological polar surface area (TPSA) is 122 Å². The predicted octanol–water partition coefficient (Wildman–Crippen LogP) is 2.23. The molecule has 0 saturated carbocycles. The lowest BCUT2D eigenvalue weighted by Gasteiger charge is -2.19. The lowest BCUT2D eigenvalue weighted by Crippen LogP contribution is -2.49. The molecule has 0 spiro atoms. The van der Waals surface area contributed by atoms with Crippen LogP contribution in [0.4, 0.5) is 4.79 Å². The van der Waals surface area contributed by atoms with Gasteiger partial charge in [0.15, 0.2) is 11.0 Å². The SMILES string of the molecule is CCC1(C)NC(=O)N(NC(=O)CSc2nnc(-c3cccnc3)n2Cc2ccccc2)C1=O. The first-order chi connectivity index (χ1) is 15.9. The van der Waals surface area contributed by atoms with Crippen LogP contribution in [0.5, 0.6) is 0 Å². The molecule has 1 aromatic carbocycles. The molecular weight excluding hydrogens is 442 g/mol. The molecule has 1 aliphatic heterocycles. The van der Waals surface area contributed by atoms with Gasteiger partial charge in [-0.05, 0) is 31.0 Å². The number of hydrogen-bond acceptors (Lipinski definition) is 7. The summed E-state index contributed by atoms with van der Waals surface area (Å²) in [6.07, 6.45) is 3.80. The summed E-state index contributed by atoms with van der Waals surface area (Å²) >= 11 is 1.17. The second-order valence-corrected chi connectivity index (χ2v) is 8.64. The number of hydrogen-bond donors (Lipinski definition) is 2. The highest BCUT2D eigenvalue weighted by Crippen LogP contribution is 2.25. The zero-order valence-corrected chi connectivity index (χ0v) is 19.0. The number of aromatic nitrogens is 4. The van der Waals surface area contributed by atoms with E-state index in [2.05, 4.69) is 25.9 Å². The standard InChI is InChI=1S/C22H23N7O3S/c1-3-22(2)19(31)29(20(32)24-22)27-17(30)14-33-21-26-25-18(16-10-7-11-23-12-16)28(21)13-15-8-5-4-6-9-15/h4-12H,3,13-14H2,1-2H3,(H,24,32)(H,27,30). The molecule has 1 atom stereocenters. The van der Waals surface area contributed by atoms with E-state index in [9.17, 15) is 14.4 Å². The molecule has 1 saturated heterocycles. The van der Waals surface area contributed by atoms with Crippen LogP contribution in [0.15, 0.2) is 60.0 Å². The fraction of sp³-hybridized carbons (Fsp3) is 0.273. The van der Waals surface area contributed by atoms with Crippen molar-refractivity contribution in [1.29, 1.82) is 0 Å². The first-order valence-electron chi connectivity index (χ1n) is 10.4. The minimum atomic E-state index is -1.02. The molecular formula is C22H23N7O3S. The highest BCUT2D eigenvalue weighted by Gasteiger charge is 2.47. The molecule has 4 amide bonds. The van der Waals surface area contributed by atoms with Gasteiger partial charge in [0.05, 0.1) is 12.3 Å². The lowest BCUT2D eigenvalue weighted by molar-refractivity contribution is -0.137. The Bertz CT molecular complexity index is 1170. The summed E-state index contributed by atoms with van der Waals surface area (Å²) in [5.74, 6) is -0.414. The predicted molar refractivity (Wildman–Crippen MR) is 122 cm³/mol. The first-order valence-corrected chi connectivity index (χ1v) is 11.4. The van der Waals surface area contributed by atoms with Crippen molar-refractivity contribution in [3.63, 3.8) is 0 Å². The summed E-state index contributed by atoms with van der Waals surface area (Å²) in [5.41, 5.74) is 3.22. The van der Waals surface area contributed by atoms with Crippen LogP contribution >= 0.6 is 11.8 Å². The molecule has 170 valence electrons. The zero-order chi connectivity index (χ0) is 23.4. The molecule has 0 radical (unpaired) electrons. The molecule has 3 aromatic rings. The maximum absolute atomic E-state index is 12.5. The Morgan fingerprint density at radius 1 is 1.15 bits per heavy atom. The van der Waals surface area contributed by atoms with Gasteiger partial charge in [-0.3, -0.25) is 24.6 Å². The fourth-order valence-electron chi connectivity index (χ4n) is 3.33. The molecule has 10 nitrogen and oxygen atoms in total. The van der Waals surface area contributed by atoms with Crippen molar-refractivity contribution in [2.45, 2.75) is 37.5 Å². The van der Waals surface area contributed by atoms with Gasteiger partial charge in [-0.25, -0.2) is 4.79 Å². The van der Waals surface area contributed by atoms with Crippen LogP contribution in [-0.4, -0.2) is 53.9 Å². The van der Waals surface area contributed by atoms with Gasteiger partial charge in [0, 0.05) is 18.0 Å². The number of rotatable bonds is 8. The van der Waals surface area contributed by atoms with E-state index >= 15 is 0 Å². The fourth-order valence-corrected chi connectivity index (χ4v) is 4.06. The van der Waals surface area contributed by atoms with E-state index in [1.807, 2.05) is 47.0 Å². The van der Waals surface area contributed by atoms with E-state index < -0.39 is 23.4 Å². The third kappa shape index (κ3) is 4.72. The molecule has 1 aliphatic rings. The van der Waals surface area contributed by atoms with E-state index in [0.29, 0.717) is 23.9 Å². The second-order valence-electron chi connectivity index (χ2n) is 7.70. The molecule has 1 unspecified atom stereocenters. The average Bonchev–Trinajstić information content (AvgIpc) is 3.32. The molecule has 0 bridgehead atoms. The van der Waals surface area contributed by atoms with Crippen molar-refractivity contribution in [2.24, 2.45) is 0 Å². The number of nitrogens with zero attached hydrogens (tertiary/aromatic N) is 5. The van der Waals surface area contributed by atoms with Gasteiger partial charge >= 0.3 is 6.03 Å². The van der Waals surface area contributed by atoms with Crippen LogP contribution in [0.1, 0.15) is 25.8 Å². The molecule has 2 aromatic heterocycles. The van der Waals surface area contributed by atoms with Crippen LogP contribution in [0.3, 0.4) is 0 Å². The number of carbonyl (C=O) groups is 3. The average molecular weight is 466 g/mol. The maximum Gasteiger partial charge on any atom is 0.344 e. The van der Waals surface area contributed by atoms with E-state index in [-0.39, 0.29) is 5.75 Å².